The van der Waals surface area contributed by atoms with Crippen LogP contribution in [0.2, 0.25) is 0 Å². The van der Waals surface area contributed by atoms with E-state index in [-0.39, 0.29) is 0 Å². The van der Waals surface area contributed by atoms with Crippen LogP contribution in [0.4, 0.5) is 0 Å². The number of nitrogens with zero attached hydrogens (tertiary/aromatic N) is 2. The molecule has 0 saturated carbocycles. The summed E-state index contributed by atoms with van der Waals surface area (Å²) in [6.07, 6.45) is 0. The first-order valence-electron chi connectivity index (χ1n) is 21.3. The van der Waals surface area contributed by atoms with Gasteiger partial charge in [-0.2, -0.15) is 0 Å². The Morgan fingerprint density at radius 1 is 0.226 bits per heavy atom. The zero-order chi connectivity index (χ0) is 40.7. The lowest BCUT2D eigenvalue weighted by Gasteiger charge is -2.19. The molecule has 13 aromatic rings. The van der Waals surface area contributed by atoms with E-state index in [4.69, 9.17) is 9.97 Å². The summed E-state index contributed by atoms with van der Waals surface area (Å²) in [5, 5.41) is 18.0. The van der Waals surface area contributed by atoms with E-state index >= 15 is 0 Å². The summed E-state index contributed by atoms with van der Waals surface area (Å²) in [6.45, 7) is 0. The van der Waals surface area contributed by atoms with Crippen LogP contribution in [0.1, 0.15) is 0 Å². The van der Waals surface area contributed by atoms with Crippen molar-refractivity contribution in [2.45, 2.75) is 0 Å². The minimum atomic E-state index is 0.716. The van der Waals surface area contributed by atoms with E-state index in [1.54, 1.807) is 0 Å². The summed E-state index contributed by atoms with van der Waals surface area (Å²) in [4.78, 5) is 10.1. The van der Waals surface area contributed by atoms with Gasteiger partial charge in [0.05, 0.1) is 11.4 Å². The van der Waals surface area contributed by atoms with Crippen molar-refractivity contribution in [1.29, 1.82) is 0 Å². The molecule has 0 bridgehead atoms. The maximum absolute atomic E-state index is 5.09. The van der Waals surface area contributed by atoms with E-state index in [1.165, 1.54) is 92.1 Å². The third kappa shape index (κ3) is 5.30. The fraction of sp³-hybridized carbons (Fsp3) is 0. The molecule has 0 atom stereocenters. The van der Waals surface area contributed by atoms with Crippen molar-refractivity contribution in [3.63, 3.8) is 0 Å². The second-order valence-electron chi connectivity index (χ2n) is 16.4. The number of fused-ring (bicyclic) bond motifs is 3. The molecule has 2 heteroatoms. The summed E-state index contributed by atoms with van der Waals surface area (Å²) in [7, 11) is 0. The van der Waals surface area contributed by atoms with Crippen molar-refractivity contribution in [1.82, 2.24) is 9.97 Å². The average molecular weight is 785 g/mol. The third-order valence-electron chi connectivity index (χ3n) is 13.0. The molecule has 13 rings (SSSR count). The van der Waals surface area contributed by atoms with Crippen molar-refractivity contribution < 1.29 is 0 Å². The topological polar surface area (TPSA) is 25.8 Å². The highest BCUT2D eigenvalue weighted by Crippen LogP contribution is 2.47. The molecule has 0 aliphatic heterocycles. The van der Waals surface area contributed by atoms with Gasteiger partial charge < -0.3 is 0 Å². The number of aromatic nitrogens is 2. The molecule has 0 radical (unpaired) electrons. The van der Waals surface area contributed by atoms with Gasteiger partial charge in [-0.05, 0) is 110 Å². The molecule has 62 heavy (non-hydrogen) atoms. The fourth-order valence-corrected chi connectivity index (χ4v) is 10.2. The lowest BCUT2D eigenvalue weighted by atomic mass is 9.84. The van der Waals surface area contributed by atoms with Crippen LogP contribution in [-0.2, 0) is 0 Å². The van der Waals surface area contributed by atoms with Gasteiger partial charge in [0.25, 0.3) is 0 Å². The van der Waals surface area contributed by atoms with Crippen LogP contribution in [0.3, 0.4) is 0 Å². The molecule has 0 unspecified atom stereocenters. The summed E-state index contributed by atoms with van der Waals surface area (Å²) < 4.78 is 0. The molecule has 0 fully saturated rings. The van der Waals surface area contributed by atoms with E-state index in [0.717, 1.165) is 33.6 Å². The maximum atomic E-state index is 5.09. The van der Waals surface area contributed by atoms with Gasteiger partial charge in [-0.3, -0.25) is 0 Å². The van der Waals surface area contributed by atoms with Crippen LogP contribution in [0, 0.1) is 0 Å². The quantitative estimate of drug-likeness (QED) is 0.162. The van der Waals surface area contributed by atoms with Gasteiger partial charge in [-0.25, -0.2) is 9.97 Å². The van der Waals surface area contributed by atoms with E-state index in [9.17, 15) is 0 Å². The molecule has 0 aliphatic carbocycles. The zero-order valence-corrected chi connectivity index (χ0v) is 33.7. The van der Waals surface area contributed by atoms with Gasteiger partial charge in [0.2, 0.25) is 0 Å². The fourth-order valence-electron chi connectivity index (χ4n) is 10.2. The maximum Gasteiger partial charge on any atom is 0.160 e. The van der Waals surface area contributed by atoms with E-state index < -0.39 is 0 Å². The number of hydrogen-bond acceptors (Lipinski definition) is 2. The highest BCUT2D eigenvalue weighted by Gasteiger charge is 2.19. The standard InChI is InChI=1S/C60H36N2/c1-3-13-38(14-4-1)54-36-55(62-60(61-54)42-15-5-2-6-16-42)39-29-27-37(28-30-39)44-33-34-47(46-21-8-7-20-45(44)46)53-35-43-19-11-24-49-48-22-9-17-40-31-32-41-18-10-23-50(57(41)56(40)48)51-25-12-26-52(53)59(51)58(43)49/h1-36H. The Bertz CT molecular complexity index is 3830. The molecule has 0 spiro atoms. The SMILES string of the molecule is c1ccc(-c2cc(-c3ccc(-c4ccc(-c5cc6cccc7c8cccc9ccc%10cccc(c%11cccc5c%11c67)c%10c98)c5ccccc45)cc3)nc(-c3ccccc3)n2)cc1. The van der Waals surface area contributed by atoms with Crippen molar-refractivity contribution in [3.05, 3.63) is 218 Å². The summed E-state index contributed by atoms with van der Waals surface area (Å²) in [6, 6.07) is 79.5. The number of hydrogen-bond donors (Lipinski definition) is 0. The highest BCUT2D eigenvalue weighted by atomic mass is 14.9. The van der Waals surface area contributed by atoms with Gasteiger partial charge in [0, 0.05) is 16.7 Å². The smallest absolute Gasteiger partial charge is 0.160 e. The molecule has 2 nitrogen and oxygen atoms in total. The Labute approximate surface area is 358 Å². The van der Waals surface area contributed by atoms with Crippen molar-refractivity contribution in [3.8, 4) is 56.2 Å². The van der Waals surface area contributed by atoms with Gasteiger partial charge >= 0.3 is 0 Å². The van der Waals surface area contributed by atoms with Gasteiger partial charge in [0.15, 0.2) is 5.82 Å². The van der Waals surface area contributed by atoms with Crippen molar-refractivity contribution in [2.75, 3.05) is 0 Å². The largest absolute Gasteiger partial charge is 0.228 e. The van der Waals surface area contributed by atoms with Crippen molar-refractivity contribution >= 4 is 75.4 Å². The minimum absolute atomic E-state index is 0.716. The first-order chi connectivity index (χ1) is 30.7. The predicted molar refractivity (Wildman–Crippen MR) is 263 cm³/mol. The molecule has 0 amide bonds. The second kappa shape index (κ2) is 13.7. The average Bonchev–Trinajstić information content (AvgIpc) is 3.35. The Morgan fingerprint density at radius 2 is 0.661 bits per heavy atom. The Morgan fingerprint density at radius 3 is 1.29 bits per heavy atom. The molecular formula is C60H36N2. The second-order valence-corrected chi connectivity index (χ2v) is 16.4. The Kier molecular flexibility index (Phi) is 7.64. The Hall–Kier alpha value is -8.20. The summed E-state index contributed by atoms with van der Waals surface area (Å²) in [5.41, 5.74) is 9.75. The molecule has 12 aromatic carbocycles. The molecule has 1 heterocycles. The predicted octanol–water partition coefficient (Wildman–Crippen LogP) is 16.3. The van der Waals surface area contributed by atoms with Crippen LogP contribution in [0.5, 0.6) is 0 Å². The lowest BCUT2D eigenvalue weighted by Crippen LogP contribution is -1.95. The third-order valence-corrected chi connectivity index (χ3v) is 13.0. The molecule has 0 saturated heterocycles. The highest BCUT2D eigenvalue weighted by molar-refractivity contribution is 6.38. The first kappa shape index (κ1) is 34.6. The van der Waals surface area contributed by atoms with Gasteiger partial charge in [-0.1, -0.05) is 206 Å². The van der Waals surface area contributed by atoms with Crippen LogP contribution in [0.15, 0.2) is 218 Å². The van der Waals surface area contributed by atoms with E-state index in [2.05, 4.69) is 194 Å². The molecule has 1 aromatic heterocycles. The Balaban J connectivity index is 0.993. The van der Waals surface area contributed by atoms with Crippen LogP contribution in [0.25, 0.3) is 132 Å². The molecule has 0 N–H and O–H groups in total. The first-order valence-corrected chi connectivity index (χ1v) is 21.3. The van der Waals surface area contributed by atoms with Crippen LogP contribution in [-0.4, -0.2) is 9.97 Å². The zero-order valence-electron chi connectivity index (χ0n) is 33.7. The molecule has 286 valence electrons. The minimum Gasteiger partial charge on any atom is -0.228 e. The number of rotatable bonds is 5. The molecule has 0 aliphatic rings. The van der Waals surface area contributed by atoms with E-state index in [0.29, 0.717) is 5.82 Å². The summed E-state index contributed by atoms with van der Waals surface area (Å²) in [5.74, 6) is 0.716. The summed E-state index contributed by atoms with van der Waals surface area (Å²) >= 11 is 0. The molecular weight excluding hydrogens is 749 g/mol. The van der Waals surface area contributed by atoms with E-state index in [1.807, 2.05) is 24.3 Å². The monoisotopic (exact) mass is 784 g/mol. The van der Waals surface area contributed by atoms with Crippen LogP contribution >= 0.6 is 0 Å². The lowest BCUT2D eigenvalue weighted by molar-refractivity contribution is 1.18. The van der Waals surface area contributed by atoms with Crippen LogP contribution < -0.4 is 0 Å². The number of benzene rings is 11. The van der Waals surface area contributed by atoms with Crippen molar-refractivity contribution in [2.24, 2.45) is 0 Å². The van der Waals surface area contributed by atoms with Gasteiger partial charge in [-0.15, -0.1) is 0 Å². The normalized spacial score (nSPS) is 11.9. The van der Waals surface area contributed by atoms with Gasteiger partial charge in [0.1, 0.15) is 0 Å².